The summed E-state index contributed by atoms with van der Waals surface area (Å²) in [6.07, 6.45) is 2.96. The van der Waals surface area contributed by atoms with Crippen LogP contribution in [0, 0.1) is 5.82 Å². The molecule has 0 saturated carbocycles. The molecular formula is C20H21FN6O2. The highest BCUT2D eigenvalue weighted by molar-refractivity contribution is 5.92. The second-order valence-corrected chi connectivity index (χ2v) is 6.71. The lowest BCUT2D eigenvalue weighted by Crippen LogP contribution is -2.49. The lowest BCUT2D eigenvalue weighted by Gasteiger charge is -2.35. The van der Waals surface area contributed by atoms with Crippen LogP contribution in [0.1, 0.15) is 10.5 Å². The predicted octanol–water partition coefficient (Wildman–Crippen LogP) is 1.99. The maximum atomic E-state index is 15.2. The third-order valence-electron chi connectivity index (χ3n) is 5.04. The molecule has 8 nitrogen and oxygen atoms in total. The zero-order valence-corrected chi connectivity index (χ0v) is 16.2. The minimum atomic E-state index is -0.468. The summed E-state index contributed by atoms with van der Waals surface area (Å²) in [6, 6.07) is 8.75. The van der Waals surface area contributed by atoms with E-state index < -0.39 is 5.82 Å². The number of rotatable bonds is 4. The van der Waals surface area contributed by atoms with Crippen molar-refractivity contribution in [2.75, 3.05) is 38.2 Å². The van der Waals surface area contributed by atoms with Gasteiger partial charge in [0.25, 0.3) is 5.91 Å². The molecule has 1 fully saturated rings. The summed E-state index contributed by atoms with van der Waals surface area (Å²) in [4.78, 5) is 24.5. The summed E-state index contributed by atoms with van der Waals surface area (Å²) >= 11 is 0. The van der Waals surface area contributed by atoms with E-state index in [4.69, 9.17) is 4.74 Å². The summed E-state index contributed by atoms with van der Waals surface area (Å²) in [5.41, 5.74) is 1.43. The van der Waals surface area contributed by atoms with E-state index in [9.17, 15) is 4.79 Å². The molecule has 9 heteroatoms. The Hall–Kier alpha value is -3.49. The molecule has 3 aromatic rings. The van der Waals surface area contributed by atoms with Crippen LogP contribution in [0.15, 0.2) is 42.9 Å². The summed E-state index contributed by atoms with van der Waals surface area (Å²) in [5.74, 6) is 0.395. The maximum absolute atomic E-state index is 15.2. The summed E-state index contributed by atoms with van der Waals surface area (Å²) in [7, 11) is 3.32. The second kappa shape index (κ2) is 7.86. The van der Waals surface area contributed by atoms with Gasteiger partial charge < -0.3 is 14.5 Å². The first-order valence-corrected chi connectivity index (χ1v) is 9.25. The molecule has 150 valence electrons. The quantitative estimate of drug-likeness (QED) is 0.671. The first-order chi connectivity index (χ1) is 14.1. The fraction of sp³-hybridized carbons (Fsp3) is 0.300. The number of hydrogen-bond acceptors (Lipinski definition) is 6. The molecule has 3 heterocycles. The number of aryl methyl sites for hydroxylation is 1. The van der Waals surface area contributed by atoms with Crippen LogP contribution >= 0.6 is 0 Å². The van der Waals surface area contributed by atoms with Crippen LogP contribution in [0.5, 0.6) is 5.75 Å². The van der Waals surface area contributed by atoms with Crippen LogP contribution in [0.2, 0.25) is 0 Å². The van der Waals surface area contributed by atoms with Gasteiger partial charge in [-0.15, -0.1) is 0 Å². The van der Waals surface area contributed by atoms with E-state index in [-0.39, 0.29) is 17.4 Å². The van der Waals surface area contributed by atoms with Crippen LogP contribution in [0.25, 0.3) is 11.3 Å². The molecule has 1 saturated heterocycles. The Morgan fingerprint density at radius 1 is 1.07 bits per heavy atom. The number of nitrogens with zero attached hydrogens (tertiary/aromatic N) is 6. The Morgan fingerprint density at radius 2 is 1.79 bits per heavy atom. The number of benzene rings is 1. The van der Waals surface area contributed by atoms with Crippen LogP contribution in [0.3, 0.4) is 0 Å². The average Bonchev–Trinajstić information content (AvgIpc) is 3.19. The number of aromatic nitrogens is 4. The molecule has 0 N–H and O–H groups in total. The highest BCUT2D eigenvalue weighted by Crippen LogP contribution is 2.28. The summed E-state index contributed by atoms with van der Waals surface area (Å²) < 4.78 is 21.9. The molecule has 1 amide bonds. The van der Waals surface area contributed by atoms with Gasteiger partial charge in [0, 0.05) is 45.0 Å². The van der Waals surface area contributed by atoms with Gasteiger partial charge in [-0.25, -0.2) is 14.4 Å². The Kier molecular flexibility index (Phi) is 5.11. The van der Waals surface area contributed by atoms with Gasteiger partial charge in [0.15, 0.2) is 11.6 Å². The smallest absolute Gasteiger partial charge is 0.272 e. The molecule has 4 rings (SSSR count). The first-order valence-electron chi connectivity index (χ1n) is 9.25. The molecule has 0 unspecified atom stereocenters. The van der Waals surface area contributed by atoms with Crippen molar-refractivity contribution in [1.29, 1.82) is 0 Å². The van der Waals surface area contributed by atoms with E-state index in [1.165, 1.54) is 6.33 Å². The van der Waals surface area contributed by atoms with Crippen molar-refractivity contribution < 1.29 is 13.9 Å². The van der Waals surface area contributed by atoms with Crippen molar-refractivity contribution in [2.45, 2.75) is 0 Å². The van der Waals surface area contributed by atoms with Crippen molar-refractivity contribution in [1.82, 2.24) is 24.6 Å². The topological polar surface area (TPSA) is 76.4 Å². The first kappa shape index (κ1) is 18.9. The minimum Gasteiger partial charge on any atom is -0.497 e. The Bertz CT molecular complexity index is 1010. The number of anilines is 1. The van der Waals surface area contributed by atoms with E-state index in [1.54, 1.807) is 60.3 Å². The Labute approximate surface area is 167 Å². The summed E-state index contributed by atoms with van der Waals surface area (Å²) in [5, 5.41) is 4.04. The lowest BCUT2D eigenvalue weighted by molar-refractivity contribution is 0.0735. The van der Waals surface area contributed by atoms with Crippen molar-refractivity contribution in [3.05, 3.63) is 54.4 Å². The second-order valence-electron chi connectivity index (χ2n) is 6.71. The van der Waals surface area contributed by atoms with Gasteiger partial charge in [-0.2, -0.15) is 5.10 Å². The van der Waals surface area contributed by atoms with Crippen molar-refractivity contribution in [2.24, 2.45) is 7.05 Å². The zero-order chi connectivity index (χ0) is 20.4. The molecule has 1 aromatic carbocycles. The van der Waals surface area contributed by atoms with Gasteiger partial charge in [0.1, 0.15) is 23.5 Å². The molecular weight excluding hydrogens is 375 g/mol. The third kappa shape index (κ3) is 3.63. The number of halogens is 1. The van der Waals surface area contributed by atoms with Crippen molar-refractivity contribution in [3.8, 4) is 17.0 Å². The molecule has 2 aromatic heterocycles. The van der Waals surface area contributed by atoms with Crippen LogP contribution in [-0.4, -0.2) is 63.8 Å². The number of amides is 1. The SMILES string of the molecule is COc1ccc(-c2ncnc(N3CCN(C(=O)c4ccnn4C)CC3)c2F)cc1. The molecule has 1 aliphatic heterocycles. The van der Waals surface area contributed by atoms with E-state index in [1.807, 2.05) is 4.90 Å². The number of ether oxygens (including phenoxy) is 1. The zero-order valence-electron chi connectivity index (χ0n) is 16.2. The lowest BCUT2D eigenvalue weighted by atomic mass is 10.1. The molecule has 0 spiro atoms. The number of carbonyl (C=O) groups is 1. The van der Waals surface area contributed by atoms with Gasteiger partial charge in [0.2, 0.25) is 0 Å². The van der Waals surface area contributed by atoms with Gasteiger partial charge in [0.05, 0.1) is 7.11 Å². The highest BCUT2D eigenvalue weighted by atomic mass is 19.1. The number of hydrogen-bond donors (Lipinski definition) is 0. The highest BCUT2D eigenvalue weighted by Gasteiger charge is 2.26. The normalized spacial score (nSPS) is 14.2. The number of piperazine rings is 1. The Balaban J connectivity index is 1.50. The van der Waals surface area contributed by atoms with Crippen molar-refractivity contribution in [3.63, 3.8) is 0 Å². The Morgan fingerprint density at radius 3 is 2.41 bits per heavy atom. The van der Waals surface area contributed by atoms with Crippen LogP contribution in [0.4, 0.5) is 10.2 Å². The van der Waals surface area contributed by atoms with Gasteiger partial charge >= 0.3 is 0 Å². The molecule has 0 bridgehead atoms. The largest absolute Gasteiger partial charge is 0.497 e. The predicted molar refractivity (Wildman–Crippen MR) is 105 cm³/mol. The van der Waals surface area contributed by atoms with Crippen LogP contribution < -0.4 is 9.64 Å². The standard InChI is InChI=1S/C20H21FN6O2/c1-25-16(7-8-24-25)20(28)27-11-9-26(10-12-27)19-17(21)18(22-13-23-19)14-3-5-15(29-2)6-4-14/h3-8,13H,9-12H2,1-2H3. The minimum absolute atomic E-state index is 0.0771. The van der Waals surface area contributed by atoms with Crippen LogP contribution in [-0.2, 0) is 7.05 Å². The van der Waals surface area contributed by atoms with E-state index >= 15 is 4.39 Å². The van der Waals surface area contributed by atoms with Crippen molar-refractivity contribution >= 4 is 11.7 Å². The maximum Gasteiger partial charge on any atom is 0.272 e. The summed E-state index contributed by atoms with van der Waals surface area (Å²) in [6.45, 7) is 1.93. The fourth-order valence-corrected chi connectivity index (χ4v) is 3.40. The third-order valence-corrected chi connectivity index (χ3v) is 5.04. The number of carbonyl (C=O) groups excluding carboxylic acids is 1. The van der Waals surface area contributed by atoms with E-state index in [0.717, 1.165) is 0 Å². The number of methoxy groups -OCH3 is 1. The van der Waals surface area contributed by atoms with Gasteiger partial charge in [-0.05, 0) is 30.3 Å². The molecule has 0 radical (unpaired) electrons. The van der Waals surface area contributed by atoms with E-state index in [2.05, 4.69) is 15.1 Å². The molecule has 0 atom stereocenters. The van der Waals surface area contributed by atoms with Gasteiger partial charge in [-0.3, -0.25) is 9.48 Å². The molecule has 1 aliphatic rings. The fourth-order valence-electron chi connectivity index (χ4n) is 3.40. The van der Waals surface area contributed by atoms with Gasteiger partial charge in [-0.1, -0.05) is 0 Å². The molecule has 29 heavy (non-hydrogen) atoms. The van der Waals surface area contributed by atoms with E-state index in [0.29, 0.717) is 43.2 Å². The molecule has 0 aliphatic carbocycles. The average molecular weight is 396 g/mol. The monoisotopic (exact) mass is 396 g/mol.